The van der Waals surface area contributed by atoms with Gasteiger partial charge in [-0.15, -0.1) is 0 Å². The van der Waals surface area contributed by atoms with Crippen LogP contribution in [0.5, 0.6) is 5.75 Å². The third kappa shape index (κ3) is 4.89. The highest BCUT2D eigenvalue weighted by Gasteiger charge is 2.06. The number of ether oxygens (including phenoxy) is 1. The van der Waals surface area contributed by atoms with E-state index in [0.717, 1.165) is 27.1 Å². The van der Waals surface area contributed by atoms with E-state index in [1.165, 1.54) is 0 Å². The lowest BCUT2D eigenvalue weighted by Crippen LogP contribution is -2.12. The second kappa shape index (κ2) is 8.58. The molecule has 0 saturated heterocycles. The zero-order valence-electron chi connectivity index (χ0n) is 14.8. The van der Waals surface area contributed by atoms with Gasteiger partial charge in [0.15, 0.2) is 5.16 Å². The number of methoxy groups -OCH3 is 1. The number of carbonyl (C=O) groups is 1. The second-order valence-electron chi connectivity index (χ2n) is 5.85. The molecule has 6 heteroatoms. The summed E-state index contributed by atoms with van der Waals surface area (Å²) < 4.78 is 7.18. The zero-order valence-corrected chi connectivity index (χ0v) is 15.6. The number of aryl methyl sites for hydroxylation is 2. The second-order valence-corrected chi connectivity index (χ2v) is 6.89. The molecule has 3 rings (SSSR count). The van der Waals surface area contributed by atoms with Crippen LogP contribution in [0.25, 0.3) is 0 Å². The molecule has 0 aliphatic heterocycles. The first-order chi connectivity index (χ1) is 12.6. The number of benzene rings is 2. The molecule has 0 aliphatic rings. The van der Waals surface area contributed by atoms with Crippen molar-refractivity contribution in [1.29, 1.82) is 0 Å². The Balaban J connectivity index is 1.51. The van der Waals surface area contributed by atoms with Crippen LogP contribution >= 0.6 is 11.8 Å². The minimum atomic E-state index is -0.00248. The van der Waals surface area contributed by atoms with Gasteiger partial charge in [-0.25, -0.2) is 4.98 Å². The Morgan fingerprint density at radius 2 is 2.04 bits per heavy atom. The van der Waals surface area contributed by atoms with E-state index in [4.69, 9.17) is 4.74 Å². The Kier molecular flexibility index (Phi) is 5.96. The highest BCUT2D eigenvalue weighted by atomic mass is 32.2. The molecular formula is C20H21N3O2S. The SMILES string of the molecule is COc1cccc(CCC(=O)Nc2ccc(Sc3nccn3C)cc2)c1. The van der Waals surface area contributed by atoms with Gasteiger partial charge in [0, 0.05) is 36.4 Å². The maximum absolute atomic E-state index is 12.2. The minimum absolute atomic E-state index is 0.00248. The fourth-order valence-corrected chi connectivity index (χ4v) is 3.27. The van der Waals surface area contributed by atoms with Crippen LogP contribution in [0, 0.1) is 0 Å². The zero-order chi connectivity index (χ0) is 18.4. The van der Waals surface area contributed by atoms with Crippen LogP contribution in [0.1, 0.15) is 12.0 Å². The van der Waals surface area contributed by atoms with Crippen LogP contribution in [0.3, 0.4) is 0 Å². The van der Waals surface area contributed by atoms with Gasteiger partial charge in [0.2, 0.25) is 5.91 Å². The van der Waals surface area contributed by atoms with Crippen LogP contribution < -0.4 is 10.1 Å². The Morgan fingerprint density at radius 1 is 1.23 bits per heavy atom. The first-order valence-corrected chi connectivity index (χ1v) is 9.14. The molecule has 0 unspecified atom stereocenters. The number of carbonyl (C=O) groups excluding carboxylic acids is 1. The van der Waals surface area contributed by atoms with Crippen molar-refractivity contribution in [2.24, 2.45) is 7.05 Å². The summed E-state index contributed by atoms with van der Waals surface area (Å²) in [5, 5.41) is 3.87. The molecule has 1 N–H and O–H groups in total. The Morgan fingerprint density at radius 3 is 2.73 bits per heavy atom. The summed E-state index contributed by atoms with van der Waals surface area (Å²) >= 11 is 1.59. The smallest absolute Gasteiger partial charge is 0.224 e. The Labute approximate surface area is 157 Å². The van der Waals surface area contributed by atoms with Crippen LogP contribution in [-0.4, -0.2) is 22.6 Å². The average molecular weight is 367 g/mol. The summed E-state index contributed by atoms with van der Waals surface area (Å²) in [5.74, 6) is 0.807. The number of aromatic nitrogens is 2. The van der Waals surface area contributed by atoms with Gasteiger partial charge in [0.1, 0.15) is 5.75 Å². The van der Waals surface area contributed by atoms with Crippen LogP contribution in [0.15, 0.2) is 71.0 Å². The van der Waals surface area contributed by atoms with Gasteiger partial charge in [-0.2, -0.15) is 0 Å². The average Bonchev–Trinajstić information content (AvgIpc) is 3.06. The molecule has 3 aromatic rings. The monoisotopic (exact) mass is 367 g/mol. The van der Waals surface area contributed by atoms with E-state index in [2.05, 4.69) is 10.3 Å². The maximum atomic E-state index is 12.2. The lowest BCUT2D eigenvalue weighted by Gasteiger charge is -2.07. The molecule has 2 aromatic carbocycles. The summed E-state index contributed by atoms with van der Waals surface area (Å²) in [6.07, 6.45) is 4.80. The first-order valence-electron chi connectivity index (χ1n) is 8.32. The first kappa shape index (κ1) is 18.1. The van der Waals surface area contributed by atoms with E-state index < -0.39 is 0 Å². The molecule has 0 bridgehead atoms. The van der Waals surface area contributed by atoms with Gasteiger partial charge in [-0.1, -0.05) is 23.9 Å². The minimum Gasteiger partial charge on any atom is -0.497 e. The van der Waals surface area contributed by atoms with E-state index >= 15 is 0 Å². The summed E-state index contributed by atoms with van der Waals surface area (Å²) in [7, 11) is 3.61. The number of nitrogens with one attached hydrogen (secondary N) is 1. The molecule has 1 aromatic heterocycles. The fraction of sp³-hybridized carbons (Fsp3) is 0.200. The molecular weight excluding hydrogens is 346 g/mol. The number of hydrogen-bond donors (Lipinski definition) is 1. The van der Waals surface area contributed by atoms with E-state index in [9.17, 15) is 4.79 Å². The molecule has 26 heavy (non-hydrogen) atoms. The van der Waals surface area contributed by atoms with E-state index in [1.807, 2.05) is 66.3 Å². The van der Waals surface area contributed by atoms with E-state index in [0.29, 0.717) is 12.8 Å². The number of amides is 1. The number of imidazole rings is 1. The summed E-state index contributed by atoms with van der Waals surface area (Å²) in [6.45, 7) is 0. The summed E-state index contributed by atoms with van der Waals surface area (Å²) in [4.78, 5) is 17.5. The van der Waals surface area contributed by atoms with E-state index in [1.54, 1.807) is 25.1 Å². The highest BCUT2D eigenvalue weighted by Crippen LogP contribution is 2.26. The number of rotatable bonds is 7. The molecule has 0 atom stereocenters. The van der Waals surface area contributed by atoms with Gasteiger partial charge in [-0.05, 0) is 48.4 Å². The van der Waals surface area contributed by atoms with Gasteiger partial charge >= 0.3 is 0 Å². The van der Waals surface area contributed by atoms with Crippen LogP contribution in [-0.2, 0) is 18.3 Å². The maximum Gasteiger partial charge on any atom is 0.224 e. The van der Waals surface area contributed by atoms with Gasteiger partial charge in [0.25, 0.3) is 0 Å². The normalized spacial score (nSPS) is 10.5. The van der Waals surface area contributed by atoms with Crippen LogP contribution in [0.2, 0.25) is 0 Å². The quantitative estimate of drug-likeness (QED) is 0.681. The summed E-state index contributed by atoms with van der Waals surface area (Å²) in [5.41, 5.74) is 1.88. The fourth-order valence-electron chi connectivity index (χ4n) is 2.47. The van der Waals surface area contributed by atoms with Gasteiger partial charge < -0.3 is 14.6 Å². The predicted molar refractivity (Wildman–Crippen MR) is 104 cm³/mol. The summed E-state index contributed by atoms with van der Waals surface area (Å²) in [6, 6.07) is 15.6. The largest absolute Gasteiger partial charge is 0.497 e. The number of anilines is 1. The predicted octanol–water partition coefficient (Wildman–Crippen LogP) is 4.15. The standard InChI is InChI=1S/C20H21N3O2S/c1-23-13-12-21-20(23)26-18-9-7-16(8-10-18)22-19(24)11-6-15-4-3-5-17(14-15)25-2/h3-5,7-10,12-14H,6,11H2,1-2H3,(H,22,24). The lowest BCUT2D eigenvalue weighted by molar-refractivity contribution is -0.116. The molecule has 0 saturated carbocycles. The topological polar surface area (TPSA) is 56.1 Å². The third-order valence-corrected chi connectivity index (χ3v) is 4.98. The molecule has 1 amide bonds. The molecule has 0 radical (unpaired) electrons. The van der Waals surface area contributed by atoms with Crippen molar-refractivity contribution in [1.82, 2.24) is 9.55 Å². The van der Waals surface area contributed by atoms with Crippen molar-refractivity contribution in [2.45, 2.75) is 22.9 Å². The van der Waals surface area contributed by atoms with Gasteiger partial charge in [-0.3, -0.25) is 4.79 Å². The third-order valence-electron chi connectivity index (χ3n) is 3.90. The number of nitrogens with zero attached hydrogens (tertiary/aromatic N) is 2. The van der Waals surface area contributed by atoms with Crippen molar-refractivity contribution in [3.8, 4) is 5.75 Å². The molecule has 1 heterocycles. The molecule has 134 valence electrons. The van der Waals surface area contributed by atoms with Crippen molar-refractivity contribution in [2.75, 3.05) is 12.4 Å². The van der Waals surface area contributed by atoms with Crippen molar-refractivity contribution in [3.05, 3.63) is 66.5 Å². The van der Waals surface area contributed by atoms with Gasteiger partial charge in [0.05, 0.1) is 7.11 Å². The molecule has 0 spiro atoms. The van der Waals surface area contributed by atoms with Crippen molar-refractivity contribution >= 4 is 23.4 Å². The molecule has 5 nitrogen and oxygen atoms in total. The Hall–Kier alpha value is -2.73. The van der Waals surface area contributed by atoms with E-state index in [-0.39, 0.29) is 5.91 Å². The lowest BCUT2D eigenvalue weighted by atomic mass is 10.1. The Bertz CT molecular complexity index is 875. The highest BCUT2D eigenvalue weighted by molar-refractivity contribution is 7.99. The number of hydrogen-bond acceptors (Lipinski definition) is 4. The van der Waals surface area contributed by atoms with Crippen molar-refractivity contribution < 1.29 is 9.53 Å². The molecule has 0 fully saturated rings. The van der Waals surface area contributed by atoms with Crippen molar-refractivity contribution in [3.63, 3.8) is 0 Å². The molecule has 0 aliphatic carbocycles. The van der Waals surface area contributed by atoms with Crippen LogP contribution in [0.4, 0.5) is 5.69 Å².